The van der Waals surface area contributed by atoms with Gasteiger partial charge in [-0.1, -0.05) is 38.1 Å². The van der Waals surface area contributed by atoms with Crippen molar-refractivity contribution in [3.8, 4) is 0 Å². The molecule has 0 saturated heterocycles. The van der Waals surface area contributed by atoms with Gasteiger partial charge in [0.2, 0.25) is 0 Å². The molecular formula is C12H17BO4. The maximum atomic E-state index is 10.6. The van der Waals surface area contributed by atoms with E-state index in [4.69, 9.17) is 9.76 Å². The molecular weight excluding hydrogens is 219 g/mol. The van der Waals surface area contributed by atoms with Crippen LogP contribution in [0, 0.1) is 5.41 Å². The molecule has 0 saturated carbocycles. The van der Waals surface area contributed by atoms with Gasteiger partial charge in [-0.2, -0.15) is 0 Å². The molecule has 4 nitrogen and oxygen atoms in total. The molecule has 0 unspecified atom stereocenters. The van der Waals surface area contributed by atoms with Gasteiger partial charge in [-0.3, -0.25) is 4.79 Å². The minimum Gasteiger partial charge on any atom is -0.423 e. The molecule has 1 rings (SSSR count). The Morgan fingerprint density at radius 1 is 1.47 bits per heavy atom. The molecule has 0 aliphatic heterocycles. The standard InChI is InChI=1S/C12H17BO4/c1-12(2,8-15)9-17-13(16)11-5-3-4-10(6-11)7-14/h3-7,15-16H,8-9H2,1-2H3. The summed E-state index contributed by atoms with van der Waals surface area (Å²) in [5, 5.41) is 18.8. The molecule has 0 amide bonds. The van der Waals surface area contributed by atoms with E-state index in [0.717, 1.165) is 0 Å². The van der Waals surface area contributed by atoms with Crippen molar-refractivity contribution in [3.63, 3.8) is 0 Å². The van der Waals surface area contributed by atoms with Crippen molar-refractivity contribution in [1.29, 1.82) is 0 Å². The zero-order chi connectivity index (χ0) is 12.9. The molecule has 0 aromatic heterocycles. The average Bonchev–Trinajstić information content (AvgIpc) is 2.36. The summed E-state index contributed by atoms with van der Waals surface area (Å²) in [7, 11) is -1.08. The normalized spacial score (nSPS) is 11.3. The zero-order valence-corrected chi connectivity index (χ0v) is 10.1. The van der Waals surface area contributed by atoms with Gasteiger partial charge >= 0.3 is 7.12 Å². The van der Waals surface area contributed by atoms with Gasteiger partial charge in [0.15, 0.2) is 0 Å². The van der Waals surface area contributed by atoms with Gasteiger partial charge in [-0.25, -0.2) is 0 Å². The van der Waals surface area contributed by atoms with Crippen LogP contribution in [0.4, 0.5) is 0 Å². The van der Waals surface area contributed by atoms with Crippen LogP contribution in [-0.2, 0) is 4.65 Å². The fraction of sp³-hybridized carbons (Fsp3) is 0.417. The second-order valence-electron chi connectivity index (χ2n) is 4.77. The molecule has 0 aliphatic rings. The van der Waals surface area contributed by atoms with E-state index in [1.54, 1.807) is 24.3 Å². The number of rotatable bonds is 6. The van der Waals surface area contributed by atoms with Crippen LogP contribution >= 0.6 is 0 Å². The molecule has 92 valence electrons. The summed E-state index contributed by atoms with van der Waals surface area (Å²) in [6.45, 7) is 3.88. The van der Waals surface area contributed by atoms with E-state index >= 15 is 0 Å². The van der Waals surface area contributed by atoms with Crippen LogP contribution in [0.1, 0.15) is 24.2 Å². The number of benzene rings is 1. The highest BCUT2D eigenvalue weighted by Crippen LogP contribution is 2.13. The molecule has 0 heterocycles. The van der Waals surface area contributed by atoms with Crippen molar-refractivity contribution in [2.24, 2.45) is 5.41 Å². The highest BCUT2D eigenvalue weighted by atomic mass is 16.5. The number of aliphatic hydroxyl groups excluding tert-OH is 1. The topological polar surface area (TPSA) is 66.8 Å². The highest BCUT2D eigenvalue weighted by Gasteiger charge is 2.23. The van der Waals surface area contributed by atoms with Crippen LogP contribution in [0.3, 0.4) is 0 Å². The van der Waals surface area contributed by atoms with Crippen LogP contribution in [0.25, 0.3) is 0 Å². The predicted molar refractivity (Wildman–Crippen MR) is 66.3 cm³/mol. The largest absolute Gasteiger partial charge is 0.491 e. The first-order valence-electron chi connectivity index (χ1n) is 5.44. The Morgan fingerprint density at radius 3 is 2.76 bits per heavy atom. The third-order valence-corrected chi connectivity index (χ3v) is 2.39. The van der Waals surface area contributed by atoms with Crippen molar-refractivity contribution in [3.05, 3.63) is 29.8 Å². The summed E-state index contributed by atoms with van der Waals surface area (Å²) in [5.41, 5.74) is 0.624. The Morgan fingerprint density at radius 2 is 2.18 bits per heavy atom. The number of carbonyl (C=O) groups excluding carboxylic acids is 1. The first-order chi connectivity index (χ1) is 7.98. The number of hydrogen-bond acceptors (Lipinski definition) is 4. The molecule has 0 atom stereocenters. The van der Waals surface area contributed by atoms with Gasteiger partial charge in [-0.05, 0) is 5.46 Å². The highest BCUT2D eigenvalue weighted by molar-refractivity contribution is 6.60. The lowest BCUT2D eigenvalue weighted by atomic mass is 9.78. The van der Waals surface area contributed by atoms with Gasteiger partial charge in [0.25, 0.3) is 0 Å². The zero-order valence-electron chi connectivity index (χ0n) is 10.1. The third-order valence-electron chi connectivity index (χ3n) is 2.39. The van der Waals surface area contributed by atoms with Crippen molar-refractivity contribution in [2.75, 3.05) is 13.2 Å². The smallest absolute Gasteiger partial charge is 0.423 e. The number of hydrogen-bond donors (Lipinski definition) is 2. The summed E-state index contributed by atoms with van der Waals surface area (Å²) in [5.74, 6) is 0. The van der Waals surface area contributed by atoms with Crippen LogP contribution in [0.2, 0.25) is 0 Å². The summed E-state index contributed by atoms with van der Waals surface area (Å²) < 4.78 is 5.26. The molecule has 0 aliphatic carbocycles. The van der Waals surface area contributed by atoms with Crippen LogP contribution in [0.5, 0.6) is 0 Å². The molecule has 1 aromatic rings. The van der Waals surface area contributed by atoms with Gasteiger partial charge in [-0.15, -0.1) is 0 Å². The maximum Gasteiger partial charge on any atom is 0.491 e. The molecule has 5 heteroatoms. The second kappa shape index (κ2) is 5.96. The van der Waals surface area contributed by atoms with Crippen molar-refractivity contribution >= 4 is 18.9 Å². The van der Waals surface area contributed by atoms with Gasteiger partial charge < -0.3 is 14.8 Å². The van der Waals surface area contributed by atoms with Crippen LogP contribution in [0.15, 0.2) is 24.3 Å². The molecule has 0 fully saturated rings. The molecule has 2 N–H and O–H groups in total. The molecule has 0 spiro atoms. The maximum absolute atomic E-state index is 10.6. The molecule has 0 radical (unpaired) electrons. The van der Waals surface area contributed by atoms with E-state index in [9.17, 15) is 9.82 Å². The number of aliphatic hydroxyl groups is 1. The van der Waals surface area contributed by atoms with Crippen molar-refractivity contribution < 1.29 is 19.6 Å². The fourth-order valence-electron chi connectivity index (χ4n) is 1.23. The lowest BCUT2D eigenvalue weighted by Crippen LogP contribution is -2.38. The Bertz CT molecular complexity index is 379. The summed E-state index contributed by atoms with van der Waals surface area (Å²) in [6, 6.07) is 6.59. The van der Waals surface area contributed by atoms with E-state index in [1.165, 1.54) is 0 Å². The van der Waals surface area contributed by atoms with Crippen LogP contribution in [-0.4, -0.2) is 36.7 Å². The lowest BCUT2D eigenvalue weighted by Gasteiger charge is -2.22. The van der Waals surface area contributed by atoms with Gasteiger partial charge in [0.1, 0.15) is 6.29 Å². The quantitative estimate of drug-likeness (QED) is 0.547. The van der Waals surface area contributed by atoms with E-state index < -0.39 is 12.5 Å². The summed E-state index contributed by atoms with van der Waals surface area (Å²) >= 11 is 0. The lowest BCUT2D eigenvalue weighted by molar-refractivity contribution is 0.0886. The fourth-order valence-corrected chi connectivity index (χ4v) is 1.23. The minimum absolute atomic E-state index is 0.0197. The first kappa shape index (κ1) is 13.9. The van der Waals surface area contributed by atoms with Crippen molar-refractivity contribution in [2.45, 2.75) is 13.8 Å². The Balaban J connectivity index is 2.63. The van der Waals surface area contributed by atoms with E-state index in [1.807, 2.05) is 13.8 Å². The SMILES string of the molecule is CC(C)(CO)COB(O)c1cccc(C=O)c1. The monoisotopic (exact) mass is 236 g/mol. The van der Waals surface area contributed by atoms with E-state index in [2.05, 4.69) is 0 Å². The summed E-state index contributed by atoms with van der Waals surface area (Å²) in [4.78, 5) is 10.6. The molecule has 1 aromatic carbocycles. The first-order valence-corrected chi connectivity index (χ1v) is 5.44. The Labute approximate surface area is 101 Å². The van der Waals surface area contributed by atoms with Crippen molar-refractivity contribution in [1.82, 2.24) is 0 Å². The molecule has 17 heavy (non-hydrogen) atoms. The number of aldehydes is 1. The van der Waals surface area contributed by atoms with Crippen LogP contribution < -0.4 is 5.46 Å². The summed E-state index contributed by atoms with van der Waals surface area (Å²) in [6.07, 6.45) is 0.716. The number of carbonyl (C=O) groups is 1. The van der Waals surface area contributed by atoms with Gasteiger partial charge in [0.05, 0.1) is 6.61 Å². The predicted octanol–water partition coefficient (Wildman–Crippen LogP) is 0.222. The molecule has 0 bridgehead atoms. The average molecular weight is 236 g/mol. The van der Waals surface area contributed by atoms with Gasteiger partial charge in [0, 0.05) is 17.6 Å². The second-order valence-corrected chi connectivity index (χ2v) is 4.77. The third kappa shape index (κ3) is 4.30. The Kier molecular flexibility index (Phi) is 4.87. The minimum atomic E-state index is -1.08. The van der Waals surface area contributed by atoms with E-state index in [-0.39, 0.29) is 13.2 Å². The Hall–Kier alpha value is -1.17. The van der Waals surface area contributed by atoms with E-state index in [0.29, 0.717) is 17.3 Å².